The highest BCUT2D eigenvalue weighted by Crippen LogP contribution is 2.19. The highest BCUT2D eigenvalue weighted by atomic mass is 15.3. The monoisotopic (exact) mass is 282 g/mol. The number of para-hydroxylation sites is 1. The van der Waals surface area contributed by atoms with Gasteiger partial charge in [0.05, 0.1) is 5.52 Å². The molecule has 1 N–H and O–H groups in total. The Balaban J connectivity index is 1.44. The van der Waals surface area contributed by atoms with E-state index < -0.39 is 0 Å². The maximum Gasteiger partial charge on any atom is 0.0705 e. The van der Waals surface area contributed by atoms with E-state index in [2.05, 4.69) is 50.4 Å². The van der Waals surface area contributed by atoms with Crippen molar-refractivity contribution in [2.75, 3.05) is 39.3 Å². The first-order valence-electron chi connectivity index (χ1n) is 7.90. The quantitative estimate of drug-likeness (QED) is 0.920. The molecule has 110 valence electrons. The van der Waals surface area contributed by atoms with E-state index in [0.29, 0.717) is 0 Å². The van der Waals surface area contributed by atoms with Gasteiger partial charge in [-0.3, -0.25) is 14.8 Å². The van der Waals surface area contributed by atoms with E-state index in [0.717, 1.165) is 18.1 Å². The summed E-state index contributed by atoms with van der Waals surface area (Å²) < 4.78 is 0. The lowest BCUT2D eigenvalue weighted by Crippen LogP contribution is -2.61. The summed E-state index contributed by atoms with van der Waals surface area (Å²) in [5.74, 6) is 0. The third kappa shape index (κ3) is 2.67. The standard InChI is InChI=1S/C17H22N4/c1-2-4-17-16(3-1)14(5-6-19-17)13-20-7-9-21(10-8-20)15-11-18-12-15/h1-6,15,18H,7-13H2. The Labute approximate surface area is 125 Å². The Morgan fingerprint density at radius 2 is 1.86 bits per heavy atom. The van der Waals surface area contributed by atoms with Crippen molar-refractivity contribution in [3.05, 3.63) is 42.1 Å². The van der Waals surface area contributed by atoms with Gasteiger partial charge in [-0.05, 0) is 17.7 Å². The Morgan fingerprint density at radius 1 is 1.05 bits per heavy atom. The molecule has 2 aromatic rings. The SMILES string of the molecule is c1ccc2c(CN3CCN(C4CNC4)CC3)ccnc2c1. The summed E-state index contributed by atoms with van der Waals surface area (Å²) in [5, 5.41) is 4.66. The number of nitrogens with zero attached hydrogens (tertiary/aromatic N) is 3. The Bertz CT molecular complexity index is 610. The molecule has 2 aliphatic rings. The molecule has 0 radical (unpaired) electrons. The predicted molar refractivity (Wildman–Crippen MR) is 85.3 cm³/mol. The summed E-state index contributed by atoms with van der Waals surface area (Å²) in [5.41, 5.74) is 2.51. The zero-order valence-electron chi connectivity index (χ0n) is 12.3. The Morgan fingerprint density at radius 3 is 2.62 bits per heavy atom. The van der Waals surface area contributed by atoms with E-state index in [4.69, 9.17) is 0 Å². The molecule has 1 aromatic carbocycles. The van der Waals surface area contributed by atoms with E-state index in [1.54, 1.807) is 0 Å². The van der Waals surface area contributed by atoms with Crippen LogP contribution in [0.3, 0.4) is 0 Å². The third-order valence-electron chi connectivity index (χ3n) is 4.82. The molecule has 0 unspecified atom stereocenters. The summed E-state index contributed by atoms with van der Waals surface area (Å²) in [6.45, 7) is 8.15. The number of hydrogen-bond acceptors (Lipinski definition) is 4. The molecule has 21 heavy (non-hydrogen) atoms. The summed E-state index contributed by atoms with van der Waals surface area (Å²) >= 11 is 0. The zero-order chi connectivity index (χ0) is 14.1. The topological polar surface area (TPSA) is 31.4 Å². The molecular formula is C17H22N4. The molecule has 3 heterocycles. The predicted octanol–water partition coefficient (Wildman–Crippen LogP) is 1.32. The van der Waals surface area contributed by atoms with Crippen molar-refractivity contribution in [2.45, 2.75) is 12.6 Å². The second-order valence-electron chi connectivity index (χ2n) is 6.11. The number of nitrogens with one attached hydrogen (secondary N) is 1. The number of pyridine rings is 1. The van der Waals surface area contributed by atoms with Crippen molar-refractivity contribution in [3.63, 3.8) is 0 Å². The van der Waals surface area contributed by atoms with Crippen molar-refractivity contribution in [3.8, 4) is 0 Å². The molecule has 2 aliphatic heterocycles. The van der Waals surface area contributed by atoms with Gasteiger partial charge in [-0.25, -0.2) is 0 Å². The van der Waals surface area contributed by atoms with E-state index in [1.165, 1.54) is 50.2 Å². The fourth-order valence-electron chi connectivity index (χ4n) is 3.35. The van der Waals surface area contributed by atoms with Gasteiger partial charge in [0.1, 0.15) is 0 Å². The maximum absolute atomic E-state index is 4.46. The fourth-order valence-corrected chi connectivity index (χ4v) is 3.35. The molecule has 1 aromatic heterocycles. The van der Waals surface area contributed by atoms with Crippen LogP contribution in [0.2, 0.25) is 0 Å². The van der Waals surface area contributed by atoms with Gasteiger partial charge in [0, 0.05) is 63.4 Å². The average Bonchev–Trinajstić information content (AvgIpc) is 2.48. The van der Waals surface area contributed by atoms with Crippen LogP contribution in [0.15, 0.2) is 36.5 Å². The second-order valence-corrected chi connectivity index (χ2v) is 6.11. The van der Waals surface area contributed by atoms with E-state index in [1.807, 2.05) is 6.20 Å². The van der Waals surface area contributed by atoms with Crippen molar-refractivity contribution in [1.29, 1.82) is 0 Å². The number of fused-ring (bicyclic) bond motifs is 1. The minimum absolute atomic E-state index is 0.786. The molecule has 0 amide bonds. The van der Waals surface area contributed by atoms with Crippen LogP contribution in [0.25, 0.3) is 10.9 Å². The van der Waals surface area contributed by atoms with Gasteiger partial charge in [-0.15, -0.1) is 0 Å². The van der Waals surface area contributed by atoms with Crippen LogP contribution in [0, 0.1) is 0 Å². The lowest BCUT2D eigenvalue weighted by Gasteiger charge is -2.43. The van der Waals surface area contributed by atoms with Crippen molar-refractivity contribution >= 4 is 10.9 Å². The minimum Gasteiger partial charge on any atom is -0.314 e. The molecular weight excluding hydrogens is 260 g/mol. The van der Waals surface area contributed by atoms with Gasteiger partial charge < -0.3 is 5.32 Å². The van der Waals surface area contributed by atoms with Crippen molar-refractivity contribution < 1.29 is 0 Å². The first-order chi connectivity index (χ1) is 10.4. The van der Waals surface area contributed by atoms with Gasteiger partial charge in [-0.1, -0.05) is 18.2 Å². The van der Waals surface area contributed by atoms with Gasteiger partial charge in [0.15, 0.2) is 0 Å². The highest BCUT2D eigenvalue weighted by Gasteiger charge is 2.27. The van der Waals surface area contributed by atoms with Crippen molar-refractivity contribution in [1.82, 2.24) is 20.1 Å². The first kappa shape index (κ1) is 13.2. The molecule has 2 saturated heterocycles. The van der Waals surface area contributed by atoms with Gasteiger partial charge >= 0.3 is 0 Å². The molecule has 4 rings (SSSR count). The van der Waals surface area contributed by atoms with Crippen LogP contribution in [-0.4, -0.2) is 60.1 Å². The summed E-state index contributed by atoms with van der Waals surface area (Å²) in [4.78, 5) is 9.67. The van der Waals surface area contributed by atoms with Crippen LogP contribution >= 0.6 is 0 Å². The lowest BCUT2D eigenvalue weighted by molar-refractivity contribution is 0.0697. The molecule has 0 atom stereocenters. The van der Waals surface area contributed by atoms with E-state index in [9.17, 15) is 0 Å². The van der Waals surface area contributed by atoms with Crippen LogP contribution in [0.4, 0.5) is 0 Å². The van der Waals surface area contributed by atoms with E-state index >= 15 is 0 Å². The van der Waals surface area contributed by atoms with Gasteiger partial charge in [-0.2, -0.15) is 0 Å². The Hall–Kier alpha value is -1.49. The molecule has 2 fully saturated rings. The van der Waals surface area contributed by atoms with Gasteiger partial charge in [0.2, 0.25) is 0 Å². The fraction of sp³-hybridized carbons (Fsp3) is 0.471. The zero-order valence-corrected chi connectivity index (χ0v) is 12.3. The molecule has 4 nitrogen and oxygen atoms in total. The number of rotatable bonds is 3. The molecule has 0 saturated carbocycles. The lowest BCUT2D eigenvalue weighted by atomic mass is 10.1. The Kier molecular flexibility index (Phi) is 3.59. The molecule has 0 bridgehead atoms. The smallest absolute Gasteiger partial charge is 0.0705 e. The number of hydrogen-bond donors (Lipinski definition) is 1. The average molecular weight is 282 g/mol. The van der Waals surface area contributed by atoms with E-state index in [-0.39, 0.29) is 0 Å². The van der Waals surface area contributed by atoms with Crippen LogP contribution in [0.5, 0.6) is 0 Å². The minimum atomic E-state index is 0.786. The number of benzene rings is 1. The normalized spacial score (nSPS) is 21.5. The highest BCUT2D eigenvalue weighted by molar-refractivity contribution is 5.81. The third-order valence-corrected chi connectivity index (χ3v) is 4.82. The molecule has 0 aliphatic carbocycles. The van der Waals surface area contributed by atoms with Crippen LogP contribution < -0.4 is 5.32 Å². The molecule has 0 spiro atoms. The first-order valence-corrected chi connectivity index (χ1v) is 7.90. The van der Waals surface area contributed by atoms with Gasteiger partial charge in [0.25, 0.3) is 0 Å². The summed E-state index contributed by atoms with van der Waals surface area (Å²) in [7, 11) is 0. The van der Waals surface area contributed by atoms with Crippen LogP contribution in [0.1, 0.15) is 5.56 Å². The summed E-state index contributed by atoms with van der Waals surface area (Å²) in [6.07, 6.45) is 1.94. The maximum atomic E-state index is 4.46. The van der Waals surface area contributed by atoms with Crippen LogP contribution in [-0.2, 0) is 6.54 Å². The number of piperazine rings is 1. The number of aromatic nitrogens is 1. The molecule has 4 heteroatoms. The second kappa shape index (κ2) is 5.72. The summed E-state index contributed by atoms with van der Waals surface area (Å²) in [6, 6.07) is 11.4. The largest absolute Gasteiger partial charge is 0.314 e. The van der Waals surface area contributed by atoms with Crippen molar-refractivity contribution in [2.24, 2.45) is 0 Å².